The van der Waals surface area contributed by atoms with Crippen LogP contribution in [-0.4, -0.2) is 17.1 Å². The van der Waals surface area contributed by atoms with Gasteiger partial charge in [-0.25, -0.2) is 15.8 Å². The van der Waals surface area contributed by atoms with Gasteiger partial charge in [0.15, 0.2) is 11.6 Å². The van der Waals surface area contributed by atoms with Gasteiger partial charge in [-0.3, -0.25) is 0 Å². The molecule has 0 atom stereocenters. The minimum Gasteiger partial charge on any atom is -0.490 e. The Kier molecular flexibility index (Phi) is 3.98. The fourth-order valence-corrected chi connectivity index (χ4v) is 1.71. The summed E-state index contributed by atoms with van der Waals surface area (Å²) in [5.74, 6) is 6.61. The van der Waals surface area contributed by atoms with Crippen LogP contribution in [0, 0.1) is 18.3 Å². The van der Waals surface area contributed by atoms with Crippen LogP contribution in [0.25, 0.3) is 0 Å². The summed E-state index contributed by atoms with van der Waals surface area (Å²) < 4.78 is 5.24. The lowest BCUT2D eigenvalue weighted by Gasteiger charge is -2.14. The third-order valence-electron chi connectivity index (χ3n) is 2.76. The molecule has 0 aliphatic heterocycles. The molecule has 0 saturated carbocycles. The number of nitrogens with one attached hydrogen (secondary N) is 2. The van der Waals surface area contributed by atoms with Crippen molar-refractivity contribution >= 4 is 17.3 Å². The number of benzene rings is 1. The molecule has 1 aromatic heterocycles. The Labute approximate surface area is 116 Å². The Hall–Kier alpha value is -2.85. The fraction of sp³-hybridized carbons (Fsp3) is 0.154. The lowest BCUT2D eigenvalue weighted by Crippen LogP contribution is -2.11. The number of anilines is 3. The quantitative estimate of drug-likeness (QED) is 0.573. The molecule has 0 unspecified atom stereocenters. The Balaban J connectivity index is 2.42. The molecule has 1 aromatic carbocycles. The second-order valence-corrected chi connectivity index (χ2v) is 4.01. The molecule has 2 aromatic rings. The highest BCUT2D eigenvalue weighted by Gasteiger charge is 2.12. The number of ether oxygens (including phenoxy) is 1. The maximum absolute atomic E-state index is 8.95. The van der Waals surface area contributed by atoms with Crippen LogP contribution in [-0.2, 0) is 0 Å². The van der Waals surface area contributed by atoms with E-state index in [1.807, 2.05) is 13.0 Å². The number of aryl methyl sites for hydroxylation is 1. The summed E-state index contributed by atoms with van der Waals surface area (Å²) in [6.07, 6.45) is 1.36. The average molecular weight is 270 g/mol. The summed E-state index contributed by atoms with van der Waals surface area (Å²) in [7, 11) is 1.50. The van der Waals surface area contributed by atoms with E-state index in [-0.39, 0.29) is 0 Å². The number of nitrogen functional groups attached to an aromatic ring is 1. The summed E-state index contributed by atoms with van der Waals surface area (Å²) in [4.78, 5) is 8.09. The topological polar surface area (TPSA) is 109 Å². The zero-order chi connectivity index (χ0) is 14.5. The van der Waals surface area contributed by atoms with Crippen LogP contribution in [0.4, 0.5) is 17.3 Å². The molecular formula is C13H14N6O. The number of nitrogens with zero attached hydrogens (tertiary/aromatic N) is 3. The zero-order valence-electron chi connectivity index (χ0n) is 11.1. The third-order valence-corrected chi connectivity index (χ3v) is 2.76. The number of rotatable bonds is 4. The van der Waals surface area contributed by atoms with E-state index in [9.17, 15) is 0 Å². The monoisotopic (exact) mass is 270 g/mol. The first-order valence-corrected chi connectivity index (χ1v) is 5.83. The predicted octanol–water partition coefficient (Wildman–Crippen LogP) is 1.69. The molecule has 0 bridgehead atoms. The van der Waals surface area contributed by atoms with E-state index in [4.69, 9.17) is 15.8 Å². The lowest BCUT2D eigenvalue weighted by atomic mass is 10.1. The Morgan fingerprint density at radius 1 is 1.30 bits per heavy atom. The maximum Gasteiger partial charge on any atom is 0.205 e. The van der Waals surface area contributed by atoms with Gasteiger partial charge in [0, 0.05) is 5.69 Å². The summed E-state index contributed by atoms with van der Waals surface area (Å²) in [5, 5.41) is 12.1. The summed E-state index contributed by atoms with van der Waals surface area (Å²) >= 11 is 0. The molecule has 20 heavy (non-hydrogen) atoms. The molecule has 102 valence electrons. The number of aromatic nitrogens is 2. The van der Waals surface area contributed by atoms with E-state index < -0.39 is 0 Å². The smallest absolute Gasteiger partial charge is 0.205 e. The molecule has 0 aliphatic rings. The van der Waals surface area contributed by atoms with Gasteiger partial charge in [-0.2, -0.15) is 5.26 Å². The zero-order valence-corrected chi connectivity index (χ0v) is 11.1. The second-order valence-electron chi connectivity index (χ2n) is 4.01. The van der Waals surface area contributed by atoms with Gasteiger partial charge < -0.3 is 15.5 Å². The van der Waals surface area contributed by atoms with Crippen LogP contribution < -0.4 is 21.3 Å². The Morgan fingerprint density at radius 2 is 2.05 bits per heavy atom. The highest BCUT2D eigenvalue weighted by atomic mass is 16.5. The highest BCUT2D eigenvalue weighted by molar-refractivity contribution is 5.71. The molecule has 7 nitrogen and oxygen atoms in total. The van der Waals surface area contributed by atoms with Gasteiger partial charge >= 0.3 is 0 Å². The van der Waals surface area contributed by atoms with Crippen molar-refractivity contribution in [1.29, 1.82) is 5.26 Å². The van der Waals surface area contributed by atoms with Crippen molar-refractivity contribution in [2.45, 2.75) is 6.92 Å². The largest absolute Gasteiger partial charge is 0.490 e. The summed E-state index contributed by atoms with van der Waals surface area (Å²) in [6.45, 7) is 1.93. The van der Waals surface area contributed by atoms with Crippen molar-refractivity contribution < 1.29 is 4.74 Å². The molecule has 1 heterocycles. The molecular weight excluding hydrogens is 256 g/mol. The molecule has 7 heteroatoms. The average Bonchev–Trinajstić information content (AvgIpc) is 2.49. The lowest BCUT2D eigenvalue weighted by molar-refractivity contribution is 0.415. The molecule has 0 radical (unpaired) electrons. The van der Waals surface area contributed by atoms with Crippen LogP contribution in [0.5, 0.6) is 5.75 Å². The van der Waals surface area contributed by atoms with Crippen molar-refractivity contribution in [2.24, 2.45) is 5.84 Å². The first-order chi connectivity index (χ1) is 9.69. The summed E-state index contributed by atoms with van der Waals surface area (Å²) in [5.41, 5.74) is 4.75. The van der Waals surface area contributed by atoms with Crippen LogP contribution in [0.2, 0.25) is 0 Å². The van der Waals surface area contributed by atoms with Crippen LogP contribution in [0.15, 0.2) is 24.5 Å². The normalized spacial score (nSPS) is 9.70. The number of methoxy groups -OCH3 is 1. The molecule has 0 amide bonds. The molecule has 2 rings (SSSR count). The fourth-order valence-electron chi connectivity index (χ4n) is 1.71. The van der Waals surface area contributed by atoms with Gasteiger partial charge in [0.25, 0.3) is 0 Å². The van der Waals surface area contributed by atoms with Gasteiger partial charge in [-0.15, -0.1) is 0 Å². The van der Waals surface area contributed by atoms with Crippen molar-refractivity contribution in [3.05, 3.63) is 35.7 Å². The third kappa shape index (κ3) is 2.60. The number of hydrogen-bond acceptors (Lipinski definition) is 7. The first kappa shape index (κ1) is 13.6. The van der Waals surface area contributed by atoms with E-state index in [0.717, 1.165) is 11.3 Å². The molecule has 4 N–H and O–H groups in total. The van der Waals surface area contributed by atoms with E-state index in [2.05, 4.69) is 26.8 Å². The van der Waals surface area contributed by atoms with Crippen molar-refractivity contribution in [1.82, 2.24) is 9.97 Å². The van der Waals surface area contributed by atoms with Crippen LogP contribution in [0.3, 0.4) is 0 Å². The molecule has 0 saturated heterocycles. The van der Waals surface area contributed by atoms with E-state index in [1.54, 1.807) is 12.1 Å². The molecule has 0 spiro atoms. The first-order valence-electron chi connectivity index (χ1n) is 5.83. The van der Waals surface area contributed by atoms with Gasteiger partial charge in [0.05, 0.1) is 18.7 Å². The van der Waals surface area contributed by atoms with E-state index >= 15 is 0 Å². The van der Waals surface area contributed by atoms with E-state index in [1.165, 1.54) is 13.4 Å². The predicted molar refractivity (Wildman–Crippen MR) is 75.6 cm³/mol. The number of hydrazine groups is 1. The van der Waals surface area contributed by atoms with Crippen molar-refractivity contribution in [2.75, 3.05) is 17.9 Å². The van der Waals surface area contributed by atoms with Gasteiger partial charge in [0.2, 0.25) is 5.75 Å². The number of nitrogens with two attached hydrogens (primary N) is 1. The van der Waals surface area contributed by atoms with Gasteiger partial charge in [0.1, 0.15) is 6.33 Å². The van der Waals surface area contributed by atoms with Gasteiger partial charge in [-0.1, -0.05) is 6.07 Å². The van der Waals surface area contributed by atoms with Crippen molar-refractivity contribution in [3.63, 3.8) is 0 Å². The maximum atomic E-state index is 8.95. The van der Waals surface area contributed by atoms with Crippen molar-refractivity contribution in [3.8, 4) is 11.8 Å². The Morgan fingerprint density at radius 3 is 2.70 bits per heavy atom. The molecule has 0 aliphatic carbocycles. The molecule has 0 fully saturated rings. The number of nitriles is 1. The van der Waals surface area contributed by atoms with Gasteiger partial charge in [-0.05, 0) is 24.6 Å². The van der Waals surface area contributed by atoms with Crippen LogP contribution >= 0.6 is 0 Å². The highest BCUT2D eigenvalue weighted by Crippen LogP contribution is 2.31. The minimum absolute atomic E-state index is 0.374. The van der Waals surface area contributed by atoms with E-state index in [0.29, 0.717) is 22.9 Å². The standard InChI is InChI=1S/C13H14N6O/c1-8-3-4-9(6-14)5-10(8)18-12-11(20-2)13(19-15)17-7-16-12/h3-5,7H,15H2,1-2H3,(H2,16,17,18,19). The Bertz CT molecular complexity index is 664. The SMILES string of the molecule is COc1c(NN)ncnc1Nc1cc(C#N)ccc1C. The second kappa shape index (κ2) is 5.86. The van der Waals surface area contributed by atoms with Crippen LogP contribution in [0.1, 0.15) is 11.1 Å². The number of hydrogen-bond donors (Lipinski definition) is 3. The summed E-state index contributed by atoms with van der Waals surface area (Å²) in [6, 6.07) is 7.45. The minimum atomic E-state index is 0.374.